The van der Waals surface area contributed by atoms with Crippen molar-refractivity contribution in [3.8, 4) is 12.3 Å². The quantitative estimate of drug-likeness (QED) is 0.867. The number of hydrogen-bond donors (Lipinski definition) is 1. The SMILES string of the molecule is C#C[C@@H](NC(=O)C1(c2ccc(Cl)cc2)CC1)C1CCOCC1. The molecule has 1 amide bonds. The Labute approximate surface area is 136 Å². The molecule has 1 aromatic rings. The highest BCUT2D eigenvalue weighted by molar-refractivity contribution is 6.30. The largest absolute Gasteiger partial charge is 0.381 e. The Kier molecular flexibility index (Phi) is 4.42. The molecule has 1 atom stereocenters. The van der Waals surface area contributed by atoms with E-state index in [9.17, 15) is 4.79 Å². The Morgan fingerprint density at radius 2 is 1.95 bits per heavy atom. The van der Waals surface area contributed by atoms with Crippen LogP contribution in [0, 0.1) is 18.3 Å². The first-order valence-electron chi connectivity index (χ1n) is 7.76. The lowest BCUT2D eigenvalue weighted by molar-refractivity contribution is -0.124. The summed E-state index contributed by atoms with van der Waals surface area (Å²) in [6, 6.07) is 7.34. The van der Waals surface area contributed by atoms with Gasteiger partial charge in [0.2, 0.25) is 5.91 Å². The monoisotopic (exact) mass is 317 g/mol. The minimum atomic E-state index is -0.412. The van der Waals surface area contributed by atoms with E-state index in [4.69, 9.17) is 22.8 Å². The molecule has 1 N–H and O–H groups in total. The van der Waals surface area contributed by atoms with E-state index >= 15 is 0 Å². The Bertz CT molecular complexity index is 580. The molecule has 22 heavy (non-hydrogen) atoms. The van der Waals surface area contributed by atoms with Crippen LogP contribution in [-0.4, -0.2) is 25.2 Å². The molecular weight excluding hydrogens is 298 g/mol. The van der Waals surface area contributed by atoms with E-state index in [1.807, 2.05) is 24.3 Å². The Morgan fingerprint density at radius 3 is 2.50 bits per heavy atom. The molecule has 0 radical (unpaired) electrons. The van der Waals surface area contributed by atoms with Crippen molar-refractivity contribution in [2.24, 2.45) is 5.92 Å². The van der Waals surface area contributed by atoms with Crippen LogP contribution in [0.4, 0.5) is 0 Å². The van der Waals surface area contributed by atoms with Gasteiger partial charge >= 0.3 is 0 Å². The number of rotatable bonds is 4. The first-order chi connectivity index (χ1) is 10.7. The summed E-state index contributed by atoms with van der Waals surface area (Å²) in [5.74, 6) is 3.11. The molecule has 1 aliphatic carbocycles. The zero-order valence-corrected chi connectivity index (χ0v) is 13.2. The van der Waals surface area contributed by atoms with E-state index < -0.39 is 5.41 Å². The molecule has 2 aliphatic rings. The van der Waals surface area contributed by atoms with Crippen LogP contribution in [0.15, 0.2) is 24.3 Å². The number of carbonyl (C=O) groups excluding carboxylic acids is 1. The van der Waals surface area contributed by atoms with Crippen molar-refractivity contribution in [3.05, 3.63) is 34.9 Å². The molecule has 0 unspecified atom stereocenters. The predicted molar refractivity (Wildman–Crippen MR) is 86.7 cm³/mol. The van der Waals surface area contributed by atoms with E-state index in [0.717, 1.165) is 44.5 Å². The van der Waals surface area contributed by atoms with Gasteiger partial charge in [-0.3, -0.25) is 4.79 Å². The fourth-order valence-electron chi connectivity index (χ4n) is 3.16. The summed E-state index contributed by atoms with van der Waals surface area (Å²) in [4.78, 5) is 12.8. The van der Waals surface area contributed by atoms with Gasteiger partial charge in [-0.1, -0.05) is 29.7 Å². The van der Waals surface area contributed by atoms with Crippen molar-refractivity contribution in [1.82, 2.24) is 5.32 Å². The van der Waals surface area contributed by atoms with Crippen molar-refractivity contribution in [3.63, 3.8) is 0 Å². The van der Waals surface area contributed by atoms with Crippen LogP contribution in [0.2, 0.25) is 5.02 Å². The lowest BCUT2D eigenvalue weighted by Crippen LogP contribution is -2.45. The van der Waals surface area contributed by atoms with Gasteiger partial charge in [-0.05, 0) is 49.3 Å². The van der Waals surface area contributed by atoms with Crippen LogP contribution in [0.3, 0.4) is 0 Å². The van der Waals surface area contributed by atoms with Gasteiger partial charge in [0.15, 0.2) is 0 Å². The molecule has 1 aliphatic heterocycles. The van der Waals surface area contributed by atoms with Gasteiger partial charge in [0.1, 0.15) is 0 Å². The number of amides is 1. The van der Waals surface area contributed by atoms with Crippen molar-refractivity contribution >= 4 is 17.5 Å². The molecule has 1 saturated heterocycles. The van der Waals surface area contributed by atoms with Crippen LogP contribution in [0.1, 0.15) is 31.2 Å². The van der Waals surface area contributed by atoms with Gasteiger partial charge < -0.3 is 10.1 Å². The summed E-state index contributed by atoms with van der Waals surface area (Å²) in [7, 11) is 0. The number of terminal acetylenes is 1. The van der Waals surface area contributed by atoms with Gasteiger partial charge in [0.05, 0.1) is 11.5 Å². The van der Waals surface area contributed by atoms with Crippen molar-refractivity contribution < 1.29 is 9.53 Å². The third kappa shape index (κ3) is 2.99. The second kappa shape index (κ2) is 6.32. The maximum Gasteiger partial charge on any atom is 0.231 e. The molecule has 2 fully saturated rings. The van der Waals surface area contributed by atoms with E-state index in [2.05, 4.69) is 11.2 Å². The minimum absolute atomic E-state index is 0.0456. The minimum Gasteiger partial charge on any atom is -0.381 e. The maximum absolute atomic E-state index is 12.8. The van der Waals surface area contributed by atoms with E-state index in [1.165, 1.54) is 0 Å². The van der Waals surface area contributed by atoms with Gasteiger partial charge in [-0.15, -0.1) is 6.42 Å². The lowest BCUT2D eigenvalue weighted by Gasteiger charge is -2.29. The van der Waals surface area contributed by atoms with Crippen LogP contribution < -0.4 is 5.32 Å². The van der Waals surface area contributed by atoms with Gasteiger partial charge in [-0.25, -0.2) is 0 Å². The van der Waals surface area contributed by atoms with E-state index in [-0.39, 0.29) is 11.9 Å². The number of carbonyl (C=O) groups is 1. The molecule has 1 heterocycles. The molecule has 0 spiro atoms. The number of nitrogens with one attached hydrogen (secondary N) is 1. The topological polar surface area (TPSA) is 38.3 Å². The average molecular weight is 318 g/mol. The molecular formula is C18H20ClNO2. The molecule has 116 valence electrons. The zero-order valence-electron chi connectivity index (χ0n) is 12.5. The highest BCUT2D eigenvalue weighted by atomic mass is 35.5. The van der Waals surface area contributed by atoms with Crippen molar-refractivity contribution in [2.75, 3.05) is 13.2 Å². The third-order valence-corrected chi connectivity index (χ3v) is 5.04. The summed E-state index contributed by atoms with van der Waals surface area (Å²) < 4.78 is 5.37. The summed E-state index contributed by atoms with van der Waals surface area (Å²) in [5, 5.41) is 3.77. The first kappa shape index (κ1) is 15.4. The second-order valence-corrected chi connectivity index (χ2v) is 6.59. The molecule has 1 aromatic carbocycles. The highest BCUT2D eigenvalue weighted by Crippen LogP contribution is 2.48. The Hall–Kier alpha value is -1.50. The fraction of sp³-hybridized carbons (Fsp3) is 0.500. The maximum atomic E-state index is 12.8. The zero-order chi connectivity index (χ0) is 15.6. The summed E-state index contributed by atoms with van der Waals surface area (Å²) in [6.45, 7) is 1.45. The van der Waals surface area contributed by atoms with E-state index in [1.54, 1.807) is 0 Å². The standard InChI is InChI=1S/C18H20ClNO2/c1-2-16(13-7-11-22-12-8-13)20-17(21)18(9-10-18)14-3-5-15(19)6-4-14/h1,3-6,13,16H,7-12H2,(H,20,21)/t16-/m1/s1. The summed E-state index contributed by atoms with van der Waals surface area (Å²) >= 11 is 5.93. The molecule has 3 nitrogen and oxygen atoms in total. The highest BCUT2D eigenvalue weighted by Gasteiger charge is 2.51. The molecule has 0 bridgehead atoms. The summed E-state index contributed by atoms with van der Waals surface area (Å²) in [5.41, 5.74) is 0.613. The number of benzene rings is 1. The van der Waals surface area contributed by atoms with E-state index in [0.29, 0.717) is 10.9 Å². The average Bonchev–Trinajstić information content (AvgIpc) is 3.36. The summed E-state index contributed by atoms with van der Waals surface area (Å²) in [6.07, 6.45) is 9.20. The molecule has 0 aromatic heterocycles. The third-order valence-electron chi connectivity index (χ3n) is 4.78. The van der Waals surface area contributed by atoms with Crippen molar-refractivity contribution in [1.29, 1.82) is 0 Å². The van der Waals surface area contributed by atoms with Crippen LogP contribution >= 0.6 is 11.6 Å². The smallest absolute Gasteiger partial charge is 0.231 e. The lowest BCUT2D eigenvalue weighted by atomic mass is 9.90. The Morgan fingerprint density at radius 1 is 1.32 bits per heavy atom. The van der Waals surface area contributed by atoms with Gasteiger partial charge in [0.25, 0.3) is 0 Å². The molecule has 3 rings (SSSR count). The second-order valence-electron chi connectivity index (χ2n) is 6.16. The molecule has 4 heteroatoms. The number of ether oxygens (including phenoxy) is 1. The van der Waals surface area contributed by atoms with Gasteiger partial charge in [-0.2, -0.15) is 0 Å². The number of halogens is 1. The Balaban J connectivity index is 1.70. The number of hydrogen-bond acceptors (Lipinski definition) is 2. The molecule has 1 saturated carbocycles. The van der Waals surface area contributed by atoms with Crippen LogP contribution in [0.5, 0.6) is 0 Å². The predicted octanol–water partition coefficient (Wildman–Crippen LogP) is 2.92. The van der Waals surface area contributed by atoms with Crippen LogP contribution in [0.25, 0.3) is 0 Å². The first-order valence-corrected chi connectivity index (χ1v) is 8.14. The normalized spacial score (nSPS) is 21.6. The van der Waals surface area contributed by atoms with Crippen molar-refractivity contribution in [2.45, 2.75) is 37.1 Å². The van der Waals surface area contributed by atoms with Gasteiger partial charge in [0, 0.05) is 18.2 Å². The fourth-order valence-corrected chi connectivity index (χ4v) is 3.29. The van der Waals surface area contributed by atoms with Crippen LogP contribution in [-0.2, 0) is 14.9 Å².